The zero-order valence-corrected chi connectivity index (χ0v) is 9.90. The SMILES string of the molecule is FC1(F)c2cccnc2-c2cccc3cccc1c23. The molecule has 1 aromatic heterocycles. The third-order valence-corrected chi connectivity index (χ3v) is 3.64. The summed E-state index contributed by atoms with van der Waals surface area (Å²) in [6, 6.07) is 13.6. The van der Waals surface area contributed by atoms with E-state index in [2.05, 4.69) is 4.98 Å². The number of rotatable bonds is 0. The van der Waals surface area contributed by atoms with Crippen molar-refractivity contribution in [2.24, 2.45) is 0 Å². The minimum Gasteiger partial charge on any atom is -0.256 e. The Morgan fingerprint density at radius 3 is 2.42 bits per heavy atom. The number of hydrogen-bond acceptors (Lipinski definition) is 1. The summed E-state index contributed by atoms with van der Waals surface area (Å²) in [4.78, 5) is 4.16. The van der Waals surface area contributed by atoms with Crippen molar-refractivity contribution >= 4 is 10.8 Å². The molecule has 3 aromatic rings. The average Bonchev–Trinajstić information content (AvgIpc) is 2.45. The lowest BCUT2D eigenvalue weighted by Crippen LogP contribution is -2.21. The fourth-order valence-corrected chi connectivity index (χ4v) is 2.82. The fraction of sp³-hybridized carbons (Fsp3) is 0.0625. The molecule has 4 rings (SSSR count). The molecule has 3 heteroatoms. The molecule has 1 aliphatic carbocycles. The highest BCUT2D eigenvalue weighted by Crippen LogP contribution is 2.49. The summed E-state index contributed by atoms with van der Waals surface area (Å²) in [5.41, 5.74) is 1.23. The van der Waals surface area contributed by atoms with Gasteiger partial charge in [-0.05, 0) is 17.5 Å². The highest BCUT2D eigenvalue weighted by molar-refractivity contribution is 6.01. The van der Waals surface area contributed by atoms with E-state index in [1.165, 1.54) is 12.1 Å². The summed E-state index contributed by atoms with van der Waals surface area (Å²) in [7, 11) is 0. The van der Waals surface area contributed by atoms with E-state index in [0.717, 1.165) is 10.9 Å². The molecule has 1 heterocycles. The van der Waals surface area contributed by atoms with Gasteiger partial charge in [-0.15, -0.1) is 0 Å². The predicted molar refractivity (Wildman–Crippen MR) is 70.2 cm³/mol. The molecule has 0 atom stereocenters. The highest BCUT2D eigenvalue weighted by Gasteiger charge is 2.42. The van der Waals surface area contributed by atoms with E-state index in [-0.39, 0.29) is 11.1 Å². The van der Waals surface area contributed by atoms with Crippen molar-refractivity contribution in [1.82, 2.24) is 4.98 Å². The molecule has 0 saturated carbocycles. The van der Waals surface area contributed by atoms with Gasteiger partial charge in [-0.3, -0.25) is 4.98 Å². The fourth-order valence-electron chi connectivity index (χ4n) is 2.82. The standard InChI is InChI=1S/C16H9F2N/c17-16(18)12-7-2-5-10-4-1-6-11(14(10)12)15-13(16)8-3-9-19-15/h1-9H. The summed E-state index contributed by atoms with van der Waals surface area (Å²) in [6.45, 7) is 0. The first-order chi connectivity index (χ1) is 9.19. The van der Waals surface area contributed by atoms with Crippen LogP contribution in [0.1, 0.15) is 11.1 Å². The van der Waals surface area contributed by atoms with Gasteiger partial charge in [0, 0.05) is 22.7 Å². The minimum absolute atomic E-state index is 0.0128. The van der Waals surface area contributed by atoms with Crippen molar-refractivity contribution in [2.75, 3.05) is 0 Å². The second-order valence-electron chi connectivity index (χ2n) is 4.68. The number of alkyl halides is 2. The first kappa shape index (κ1) is 10.6. The van der Waals surface area contributed by atoms with Crippen LogP contribution in [0.3, 0.4) is 0 Å². The van der Waals surface area contributed by atoms with Crippen LogP contribution in [0.5, 0.6) is 0 Å². The first-order valence-corrected chi connectivity index (χ1v) is 6.05. The Labute approximate surface area is 108 Å². The van der Waals surface area contributed by atoms with Crippen LogP contribution in [0.4, 0.5) is 8.78 Å². The number of aromatic nitrogens is 1. The molecule has 0 fully saturated rings. The van der Waals surface area contributed by atoms with Crippen molar-refractivity contribution < 1.29 is 8.78 Å². The van der Waals surface area contributed by atoms with Gasteiger partial charge in [0.1, 0.15) is 0 Å². The van der Waals surface area contributed by atoms with Crippen molar-refractivity contribution in [3.63, 3.8) is 0 Å². The minimum atomic E-state index is -2.99. The van der Waals surface area contributed by atoms with Crippen LogP contribution >= 0.6 is 0 Å². The Balaban J connectivity index is 2.28. The summed E-state index contributed by atoms with van der Waals surface area (Å²) >= 11 is 0. The van der Waals surface area contributed by atoms with E-state index < -0.39 is 5.92 Å². The number of halogens is 2. The lowest BCUT2D eigenvalue weighted by molar-refractivity contribution is 0.0440. The molecule has 0 unspecified atom stereocenters. The average molecular weight is 253 g/mol. The molecule has 0 amide bonds. The second kappa shape index (κ2) is 3.38. The van der Waals surface area contributed by atoms with Crippen molar-refractivity contribution in [3.05, 3.63) is 65.9 Å². The van der Waals surface area contributed by atoms with E-state index in [4.69, 9.17) is 0 Å². The van der Waals surface area contributed by atoms with E-state index in [1.54, 1.807) is 18.3 Å². The Bertz CT molecular complexity index is 803. The van der Waals surface area contributed by atoms with Crippen molar-refractivity contribution in [2.45, 2.75) is 5.92 Å². The summed E-state index contributed by atoms with van der Waals surface area (Å²) in [5, 5.41) is 1.44. The van der Waals surface area contributed by atoms with Gasteiger partial charge in [0.05, 0.1) is 11.3 Å². The third kappa shape index (κ3) is 1.24. The zero-order chi connectivity index (χ0) is 13.0. The molecular weight excluding hydrogens is 244 g/mol. The molecule has 0 N–H and O–H groups in total. The largest absolute Gasteiger partial charge is 0.301 e. The zero-order valence-electron chi connectivity index (χ0n) is 9.90. The van der Waals surface area contributed by atoms with Crippen LogP contribution < -0.4 is 0 Å². The molecule has 0 saturated heterocycles. The molecular formula is C16H9F2N. The summed E-state index contributed by atoms with van der Waals surface area (Å²) < 4.78 is 29.2. The van der Waals surface area contributed by atoms with E-state index >= 15 is 0 Å². The number of benzene rings is 2. The smallest absolute Gasteiger partial charge is 0.256 e. The number of pyridine rings is 1. The van der Waals surface area contributed by atoms with Gasteiger partial charge in [-0.25, -0.2) is 0 Å². The summed E-state index contributed by atoms with van der Waals surface area (Å²) in [5.74, 6) is -2.99. The third-order valence-electron chi connectivity index (χ3n) is 3.64. The van der Waals surface area contributed by atoms with Crippen LogP contribution in [0.2, 0.25) is 0 Å². The lowest BCUT2D eigenvalue weighted by atomic mass is 9.84. The summed E-state index contributed by atoms with van der Waals surface area (Å²) in [6.07, 6.45) is 1.56. The van der Waals surface area contributed by atoms with E-state index in [9.17, 15) is 8.78 Å². The van der Waals surface area contributed by atoms with Gasteiger partial charge in [-0.2, -0.15) is 8.78 Å². The number of hydrogen-bond donors (Lipinski definition) is 0. The monoisotopic (exact) mass is 253 g/mol. The Morgan fingerprint density at radius 1 is 0.842 bits per heavy atom. The van der Waals surface area contributed by atoms with Crippen LogP contribution in [0.15, 0.2) is 54.7 Å². The first-order valence-electron chi connectivity index (χ1n) is 6.05. The van der Waals surface area contributed by atoms with Crippen LogP contribution in [0.25, 0.3) is 22.0 Å². The maximum atomic E-state index is 14.6. The molecule has 1 nitrogen and oxygen atoms in total. The molecule has 0 aliphatic heterocycles. The van der Waals surface area contributed by atoms with Crippen molar-refractivity contribution in [1.29, 1.82) is 0 Å². The number of nitrogens with zero attached hydrogens (tertiary/aromatic N) is 1. The highest BCUT2D eigenvalue weighted by atomic mass is 19.3. The maximum absolute atomic E-state index is 14.6. The molecule has 92 valence electrons. The van der Waals surface area contributed by atoms with E-state index in [0.29, 0.717) is 11.1 Å². The quantitative estimate of drug-likeness (QED) is 0.580. The van der Waals surface area contributed by atoms with Crippen LogP contribution in [-0.2, 0) is 5.92 Å². The van der Waals surface area contributed by atoms with Crippen molar-refractivity contribution in [3.8, 4) is 11.3 Å². The Kier molecular flexibility index (Phi) is 1.89. The van der Waals surface area contributed by atoms with Gasteiger partial charge >= 0.3 is 5.92 Å². The maximum Gasteiger partial charge on any atom is 0.301 e. The molecule has 1 aliphatic rings. The van der Waals surface area contributed by atoms with Gasteiger partial charge in [-0.1, -0.05) is 36.4 Å². The molecule has 2 aromatic carbocycles. The van der Waals surface area contributed by atoms with Gasteiger partial charge in [0.15, 0.2) is 0 Å². The van der Waals surface area contributed by atoms with Gasteiger partial charge < -0.3 is 0 Å². The van der Waals surface area contributed by atoms with Gasteiger partial charge in [0.2, 0.25) is 0 Å². The van der Waals surface area contributed by atoms with Crippen LogP contribution in [0, 0.1) is 0 Å². The van der Waals surface area contributed by atoms with E-state index in [1.807, 2.05) is 24.3 Å². The topological polar surface area (TPSA) is 12.9 Å². The second-order valence-corrected chi connectivity index (χ2v) is 4.68. The molecule has 19 heavy (non-hydrogen) atoms. The molecule has 0 radical (unpaired) electrons. The van der Waals surface area contributed by atoms with Gasteiger partial charge in [0.25, 0.3) is 0 Å². The lowest BCUT2D eigenvalue weighted by Gasteiger charge is -2.27. The number of fused-ring (bicyclic) bond motifs is 2. The Hall–Kier alpha value is -2.29. The molecule has 0 bridgehead atoms. The predicted octanol–water partition coefficient (Wildman–Crippen LogP) is 4.36. The Morgan fingerprint density at radius 2 is 1.58 bits per heavy atom. The van der Waals surface area contributed by atoms with Crippen LogP contribution in [-0.4, -0.2) is 4.98 Å². The molecule has 0 spiro atoms. The normalized spacial score (nSPS) is 15.3.